The van der Waals surface area contributed by atoms with Gasteiger partial charge in [0.25, 0.3) is 0 Å². The Morgan fingerprint density at radius 2 is 2.04 bits per heavy atom. The fraction of sp³-hybridized carbons (Fsp3) is 0.556. The first kappa shape index (κ1) is 16.9. The molecule has 0 bridgehead atoms. The van der Waals surface area contributed by atoms with Crippen molar-refractivity contribution in [1.29, 1.82) is 0 Å². The number of morpholine rings is 1. The summed E-state index contributed by atoms with van der Waals surface area (Å²) in [6, 6.07) is 4.87. The molecule has 1 atom stereocenters. The second-order valence-electron chi connectivity index (χ2n) is 6.90. The normalized spacial score (nSPS) is 22.2. The molecule has 2 amide bonds. The molecule has 1 saturated carbocycles. The highest BCUT2D eigenvalue weighted by Gasteiger charge is 2.58. The van der Waals surface area contributed by atoms with Gasteiger partial charge in [-0.25, -0.2) is 4.39 Å². The predicted octanol–water partition coefficient (Wildman–Crippen LogP) is 1.90. The third-order valence-corrected chi connectivity index (χ3v) is 4.88. The lowest BCUT2D eigenvalue weighted by Crippen LogP contribution is -2.49. The lowest BCUT2D eigenvalue weighted by atomic mass is 10.0. The van der Waals surface area contributed by atoms with Crippen molar-refractivity contribution in [3.8, 4) is 0 Å². The van der Waals surface area contributed by atoms with Gasteiger partial charge >= 0.3 is 0 Å². The smallest absolute Gasteiger partial charge is 0.238 e. The van der Waals surface area contributed by atoms with Crippen molar-refractivity contribution in [2.45, 2.75) is 25.9 Å². The summed E-state index contributed by atoms with van der Waals surface area (Å²) in [4.78, 5) is 28.5. The van der Waals surface area contributed by atoms with Gasteiger partial charge in [0.1, 0.15) is 17.3 Å². The first-order valence-corrected chi connectivity index (χ1v) is 8.24. The first-order valence-electron chi connectivity index (χ1n) is 8.24. The van der Waals surface area contributed by atoms with E-state index in [1.807, 2.05) is 0 Å². The average molecular weight is 334 g/mol. The van der Waals surface area contributed by atoms with E-state index in [0.29, 0.717) is 38.1 Å². The zero-order valence-corrected chi connectivity index (χ0v) is 14.3. The fourth-order valence-electron chi connectivity index (χ4n) is 3.28. The van der Waals surface area contributed by atoms with E-state index in [1.165, 1.54) is 11.0 Å². The molecule has 5 nitrogen and oxygen atoms in total. The summed E-state index contributed by atoms with van der Waals surface area (Å²) in [5.74, 6) is -0.475. The zero-order chi connectivity index (χ0) is 17.5. The summed E-state index contributed by atoms with van der Waals surface area (Å²) >= 11 is 0. The predicted molar refractivity (Wildman–Crippen MR) is 86.8 cm³/mol. The van der Waals surface area contributed by atoms with Crippen LogP contribution < -0.4 is 0 Å². The van der Waals surface area contributed by atoms with Crippen molar-refractivity contribution in [3.05, 3.63) is 35.1 Å². The highest BCUT2D eigenvalue weighted by molar-refractivity contribution is 6.07. The van der Waals surface area contributed by atoms with Gasteiger partial charge in [-0.3, -0.25) is 9.59 Å². The molecular formula is C18H23FN2O3. The molecule has 1 aromatic carbocycles. The van der Waals surface area contributed by atoms with Gasteiger partial charge in [-0.15, -0.1) is 0 Å². The van der Waals surface area contributed by atoms with Crippen LogP contribution in [0.5, 0.6) is 0 Å². The van der Waals surface area contributed by atoms with E-state index >= 15 is 0 Å². The Labute approximate surface area is 141 Å². The number of benzene rings is 1. The van der Waals surface area contributed by atoms with Crippen LogP contribution in [0.25, 0.3) is 0 Å². The minimum atomic E-state index is -0.871. The number of carbonyl (C=O) groups is 2. The lowest BCUT2D eigenvalue weighted by Gasteiger charge is -2.35. The highest BCUT2D eigenvalue weighted by Crippen LogP contribution is 2.49. The molecule has 1 heterocycles. The second-order valence-corrected chi connectivity index (χ2v) is 6.90. The fourth-order valence-corrected chi connectivity index (χ4v) is 3.28. The molecule has 3 rings (SSSR count). The van der Waals surface area contributed by atoms with Crippen LogP contribution in [0, 0.1) is 18.2 Å². The van der Waals surface area contributed by atoms with Crippen molar-refractivity contribution in [1.82, 2.24) is 9.80 Å². The van der Waals surface area contributed by atoms with Crippen LogP contribution in [-0.2, 0) is 14.3 Å². The van der Waals surface area contributed by atoms with Gasteiger partial charge in [0.15, 0.2) is 0 Å². The number of hydrogen-bond donors (Lipinski definition) is 0. The highest BCUT2D eigenvalue weighted by atomic mass is 19.1. The van der Waals surface area contributed by atoms with Gasteiger partial charge in [-0.05, 0) is 37.0 Å². The van der Waals surface area contributed by atoms with E-state index in [4.69, 9.17) is 4.74 Å². The lowest BCUT2D eigenvalue weighted by molar-refractivity contribution is -0.153. The van der Waals surface area contributed by atoms with Gasteiger partial charge in [0.2, 0.25) is 11.8 Å². The number of ether oxygens (including phenoxy) is 1. The average Bonchev–Trinajstić information content (AvgIpc) is 3.37. The molecule has 1 saturated heterocycles. The largest absolute Gasteiger partial charge is 0.370 e. The number of aryl methyl sites for hydroxylation is 1. The Bertz CT molecular complexity index is 670. The molecule has 0 aromatic heterocycles. The van der Waals surface area contributed by atoms with Crippen molar-refractivity contribution < 1.29 is 18.7 Å². The van der Waals surface area contributed by atoms with Crippen molar-refractivity contribution in [2.24, 2.45) is 5.41 Å². The van der Waals surface area contributed by atoms with Gasteiger partial charge in [0, 0.05) is 20.6 Å². The van der Waals surface area contributed by atoms with Crippen LogP contribution in [0.3, 0.4) is 0 Å². The number of nitrogens with zero attached hydrogens (tertiary/aromatic N) is 2. The first-order chi connectivity index (χ1) is 11.3. The van der Waals surface area contributed by atoms with E-state index < -0.39 is 5.41 Å². The van der Waals surface area contributed by atoms with Crippen LogP contribution in [0.4, 0.5) is 4.39 Å². The van der Waals surface area contributed by atoms with Crippen molar-refractivity contribution in [2.75, 3.05) is 33.8 Å². The van der Waals surface area contributed by atoms with Crippen LogP contribution in [-0.4, -0.2) is 55.4 Å². The zero-order valence-electron chi connectivity index (χ0n) is 14.3. The van der Waals surface area contributed by atoms with Gasteiger partial charge in [0.05, 0.1) is 13.2 Å². The van der Waals surface area contributed by atoms with Crippen molar-refractivity contribution >= 4 is 11.8 Å². The molecule has 24 heavy (non-hydrogen) atoms. The third-order valence-electron chi connectivity index (χ3n) is 4.88. The maximum Gasteiger partial charge on any atom is 0.238 e. The molecule has 130 valence electrons. The number of rotatable bonds is 3. The number of hydrogen-bond acceptors (Lipinski definition) is 3. The molecule has 1 aromatic rings. The molecule has 1 aliphatic heterocycles. The SMILES string of the molecule is Cc1cc([C@@H]2CN(C(=O)C3(C(=O)N(C)C)CC3)CCO2)ccc1F. The molecule has 0 N–H and O–H groups in total. The Kier molecular flexibility index (Phi) is 4.34. The molecule has 0 unspecified atom stereocenters. The minimum absolute atomic E-state index is 0.103. The van der Waals surface area contributed by atoms with Gasteiger partial charge in [-0.2, -0.15) is 0 Å². The van der Waals surface area contributed by atoms with E-state index in [2.05, 4.69) is 0 Å². The number of amides is 2. The molecular weight excluding hydrogens is 311 g/mol. The summed E-state index contributed by atoms with van der Waals surface area (Å²) in [6.07, 6.45) is 0.938. The number of carbonyl (C=O) groups excluding carboxylic acids is 2. The molecule has 2 aliphatic rings. The standard InChI is InChI=1S/C18H23FN2O3/c1-12-10-13(4-5-14(12)19)15-11-21(8-9-24-15)17(23)18(6-7-18)16(22)20(2)3/h4-5,10,15H,6-9,11H2,1-3H3/t15-/m0/s1. The van der Waals surface area contributed by atoms with E-state index in [9.17, 15) is 14.0 Å². The van der Waals surface area contributed by atoms with E-state index in [1.54, 1.807) is 38.1 Å². The third kappa shape index (κ3) is 2.90. The van der Waals surface area contributed by atoms with Gasteiger partial charge < -0.3 is 14.5 Å². The second kappa shape index (κ2) is 6.16. The van der Waals surface area contributed by atoms with E-state index in [0.717, 1.165) is 5.56 Å². The Hall–Kier alpha value is -1.95. The minimum Gasteiger partial charge on any atom is -0.370 e. The molecule has 1 aliphatic carbocycles. The van der Waals surface area contributed by atoms with Crippen molar-refractivity contribution in [3.63, 3.8) is 0 Å². The summed E-state index contributed by atoms with van der Waals surface area (Å²) in [6.45, 7) is 3.00. The molecule has 6 heteroatoms. The topological polar surface area (TPSA) is 49.9 Å². The quantitative estimate of drug-likeness (QED) is 0.794. The number of halogens is 1. The molecule has 2 fully saturated rings. The van der Waals surface area contributed by atoms with Crippen LogP contribution >= 0.6 is 0 Å². The Morgan fingerprint density at radius 1 is 1.33 bits per heavy atom. The summed E-state index contributed by atoms with van der Waals surface area (Å²) < 4.78 is 19.2. The maximum atomic E-state index is 13.5. The van der Waals surface area contributed by atoms with Gasteiger partial charge in [-0.1, -0.05) is 12.1 Å². The maximum absolute atomic E-state index is 13.5. The van der Waals surface area contributed by atoms with E-state index in [-0.39, 0.29) is 23.7 Å². The molecule has 0 radical (unpaired) electrons. The molecule has 0 spiro atoms. The summed E-state index contributed by atoms with van der Waals surface area (Å²) in [5, 5.41) is 0. The Balaban J connectivity index is 1.75. The Morgan fingerprint density at radius 3 is 2.62 bits per heavy atom. The summed E-state index contributed by atoms with van der Waals surface area (Å²) in [7, 11) is 3.36. The van der Waals surface area contributed by atoms with Crippen LogP contribution in [0.15, 0.2) is 18.2 Å². The summed E-state index contributed by atoms with van der Waals surface area (Å²) in [5.41, 5.74) is 0.542. The van der Waals surface area contributed by atoms with Crippen LogP contribution in [0.2, 0.25) is 0 Å². The monoisotopic (exact) mass is 334 g/mol. The van der Waals surface area contributed by atoms with Crippen LogP contribution in [0.1, 0.15) is 30.1 Å².